The van der Waals surface area contributed by atoms with E-state index >= 15 is 0 Å². The zero-order valence-corrected chi connectivity index (χ0v) is 11.7. The minimum atomic E-state index is 0.289. The van der Waals surface area contributed by atoms with Crippen molar-refractivity contribution in [2.75, 3.05) is 13.2 Å². The van der Waals surface area contributed by atoms with E-state index < -0.39 is 0 Å². The maximum absolute atomic E-state index is 6.24. The number of allylic oxidation sites excluding steroid dienone is 2. The summed E-state index contributed by atoms with van der Waals surface area (Å²) in [5, 5.41) is 0. The maximum Gasteiger partial charge on any atom is 0.102 e. The summed E-state index contributed by atoms with van der Waals surface area (Å²) in [5.41, 5.74) is 1.63. The number of hydrogen-bond donors (Lipinski definition) is 0. The Hall–Kier alpha value is -0.760. The Morgan fingerprint density at radius 2 is 2.22 bits per heavy atom. The summed E-state index contributed by atoms with van der Waals surface area (Å²) in [4.78, 5) is 0. The van der Waals surface area contributed by atoms with Gasteiger partial charge in [0.1, 0.15) is 5.76 Å². The molecule has 2 aliphatic heterocycles. The van der Waals surface area contributed by atoms with Gasteiger partial charge in [-0.1, -0.05) is 32.9 Å². The van der Waals surface area contributed by atoms with Gasteiger partial charge in [0.15, 0.2) is 0 Å². The first kappa shape index (κ1) is 12.3. The Morgan fingerprint density at radius 3 is 3.00 bits per heavy atom. The van der Waals surface area contributed by atoms with E-state index in [2.05, 4.69) is 32.9 Å². The Bertz CT molecular complexity index is 394. The van der Waals surface area contributed by atoms with E-state index in [1.807, 2.05) is 0 Å². The van der Waals surface area contributed by atoms with E-state index in [1.54, 1.807) is 0 Å². The summed E-state index contributed by atoms with van der Waals surface area (Å²) in [6.45, 7) is 8.70. The standard InChI is InChI=1S/C16H24O2/c1-11(2)16(3)8-12-9-17-14-7-5-4-6-13(14)15(12)18-10-16/h4,6,11-12,15H,5,7-10H2,1-3H3. The molecule has 0 radical (unpaired) electrons. The molecule has 3 rings (SSSR count). The van der Waals surface area contributed by atoms with E-state index in [-0.39, 0.29) is 6.10 Å². The Balaban J connectivity index is 1.82. The fraction of sp³-hybridized carbons (Fsp3) is 0.750. The van der Waals surface area contributed by atoms with Crippen molar-refractivity contribution in [3.05, 3.63) is 23.5 Å². The van der Waals surface area contributed by atoms with Crippen molar-refractivity contribution < 1.29 is 9.47 Å². The molecule has 0 saturated carbocycles. The molecule has 1 aliphatic carbocycles. The van der Waals surface area contributed by atoms with Gasteiger partial charge in [-0.3, -0.25) is 0 Å². The summed E-state index contributed by atoms with van der Waals surface area (Å²) in [6, 6.07) is 0. The minimum Gasteiger partial charge on any atom is -0.497 e. The molecule has 2 heteroatoms. The van der Waals surface area contributed by atoms with Gasteiger partial charge < -0.3 is 9.47 Å². The third kappa shape index (κ3) is 1.91. The molecule has 1 saturated heterocycles. The van der Waals surface area contributed by atoms with Crippen molar-refractivity contribution in [2.45, 2.75) is 46.1 Å². The lowest BCUT2D eigenvalue weighted by atomic mass is 9.69. The second-order valence-corrected chi connectivity index (χ2v) is 6.64. The maximum atomic E-state index is 6.24. The monoisotopic (exact) mass is 248 g/mol. The van der Waals surface area contributed by atoms with Gasteiger partial charge in [0.2, 0.25) is 0 Å². The molecule has 18 heavy (non-hydrogen) atoms. The highest BCUT2D eigenvalue weighted by Crippen LogP contribution is 2.45. The predicted octanol–water partition coefficient (Wildman–Crippen LogP) is 3.69. The average Bonchev–Trinajstić information content (AvgIpc) is 2.38. The quantitative estimate of drug-likeness (QED) is 0.704. The smallest absolute Gasteiger partial charge is 0.102 e. The largest absolute Gasteiger partial charge is 0.497 e. The molecule has 0 aromatic rings. The van der Waals surface area contributed by atoms with Crippen LogP contribution in [0.4, 0.5) is 0 Å². The molecule has 100 valence electrons. The Labute approximate surface area is 110 Å². The summed E-state index contributed by atoms with van der Waals surface area (Å²) in [6.07, 6.45) is 8.16. The van der Waals surface area contributed by atoms with E-state index in [4.69, 9.17) is 9.47 Å². The molecule has 2 heterocycles. The second kappa shape index (κ2) is 4.41. The number of rotatable bonds is 1. The van der Waals surface area contributed by atoms with Crippen LogP contribution in [-0.2, 0) is 9.47 Å². The van der Waals surface area contributed by atoms with Crippen molar-refractivity contribution in [3.8, 4) is 0 Å². The van der Waals surface area contributed by atoms with Crippen molar-refractivity contribution in [1.82, 2.24) is 0 Å². The van der Waals surface area contributed by atoms with Crippen LogP contribution in [0, 0.1) is 17.3 Å². The van der Waals surface area contributed by atoms with Crippen molar-refractivity contribution in [2.24, 2.45) is 17.3 Å². The van der Waals surface area contributed by atoms with Crippen LogP contribution >= 0.6 is 0 Å². The van der Waals surface area contributed by atoms with E-state index in [0.29, 0.717) is 17.3 Å². The minimum absolute atomic E-state index is 0.289. The lowest BCUT2D eigenvalue weighted by molar-refractivity contribution is -0.118. The van der Waals surface area contributed by atoms with Crippen molar-refractivity contribution >= 4 is 0 Å². The van der Waals surface area contributed by atoms with Crippen LogP contribution in [0.15, 0.2) is 23.5 Å². The molecular weight excluding hydrogens is 224 g/mol. The van der Waals surface area contributed by atoms with Crippen LogP contribution in [0.1, 0.15) is 40.0 Å². The average molecular weight is 248 g/mol. The van der Waals surface area contributed by atoms with Crippen LogP contribution in [0.2, 0.25) is 0 Å². The van der Waals surface area contributed by atoms with E-state index in [1.165, 1.54) is 17.8 Å². The lowest BCUT2D eigenvalue weighted by Crippen LogP contribution is -2.47. The topological polar surface area (TPSA) is 18.5 Å². The molecule has 2 nitrogen and oxygen atoms in total. The molecule has 0 spiro atoms. The normalized spacial score (nSPS) is 39.3. The summed E-state index contributed by atoms with van der Waals surface area (Å²) in [5.74, 6) is 2.38. The third-order valence-corrected chi connectivity index (χ3v) is 5.08. The van der Waals surface area contributed by atoms with Crippen LogP contribution in [0.25, 0.3) is 0 Å². The molecule has 0 N–H and O–H groups in total. The summed E-state index contributed by atoms with van der Waals surface area (Å²) < 4.78 is 12.2. The number of hydrogen-bond acceptors (Lipinski definition) is 2. The fourth-order valence-electron chi connectivity index (χ4n) is 3.35. The highest BCUT2D eigenvalue weighted by molar-refractivity contribution is 5.33. The highest BCUT2D eigenvalue weighted by Gasteiger charge is 2.44. The zero-order chi connectivity index (χ0) is 12.8. The van der Waals surface area contributed by atoms with Gasteiger partial charge in [-0.25, -0.2) is 0 Å². The van der Waals surface area contributed by atoms with Crippen molar-refractivity contribution in [3.63, 3.8) is 0 Å². The van der Waals surface area contributed by atoms with Gasteiger partial charge in [0, 0.05) is 17.9 Å². The lowest BCUT2D eigenvalue weighted by Gasteiger charge is -2.47. The molecule has 1 fully saturated rings. The van der Waals surface area contributed by atoms with Crippen molar-refractivity contribution in [1.29, 1.82) is 0 Å². The van der Waals surface area contributed by atoms with E-state index in [0.717, 1.165) is 26.1 Å². The molecule has 0 amide bonds. The molecule has 3 unspecified atom stereocenters. The molecule has 0 aromatic carbocycles. The molecule has 3 atom stereocenters. The van der Waals surface area contributed by atoms with Gasteiger partial charge >= 0.3 is 0 Å². The zero-order valence-electron chi connectivity index (χ0n) is 11.7. The molecule has 0 bridgehead atoms. The first-order valence-corrected chi connectivity index (χ1v) is 7.24. The Kier molecular flexibility index (Phi) is 3.01. The summed E-state index contributed by atoms with van der Waals surface area (Å²) in [7, 11) is 0. The van der Waals surface area contributed by atoms with Crippen LogP contribution in [0.5, 0.6) is 0 Å². The Morgan fingerprint density at radius 1 is 1.39 bits per heavy atom. The first-order chi connectivity index (χ1) is 8.60. The van der Waals surface area contributed by atoms with Gasteiger partial charge in [-0.15, -0.1) is 0 Å². The van der Waals surface area contributed by atoms with Crippen LogP contribution < -0.4 is 0 Å². The van der Waals surface area contributed by atoms with E-state index in [9.17, 15) is 0 Å². The first-order valence-electron chi connectivity index (χ1n) is 7.24. The van der Waals surface area contributed by atoms with Gasteiger partial charge in [0.05, 0.1) is 19.3 Å². The SMILES string of the molecule is CC(C)C1(C)COC2C3=C(CCC=C3)OCC2C1. The summed E-state index contributed by atoms with van der Waals surface area (Å²) >= 11 is 0. The number of fused-ring (bicyclic) bond motifs is 2. The second-order valence-electron chi connectivity index (χ2n) is 6.64. The third-order valence-electron chi connectivity index (χ3n) is 5.08. The predicted molar refractivity (Wildman–Crippen MR) is 72.1 cm³/mol. The molecular formula is C16H24O2. The van der Waals surface area contributed by atoms with Gasteiger partial charge in [0.25, 0.3) is 0 Å². The van der Waals surface area contributed by atoms with Gasteiger partial charge in [-0.05, 0) is 24.2 Å². The number of ether oxygens (including phenoxy) is 2. The molecule has 3 aliphatic rings. The van der Waals surface area contributed by atoms with Crippen LogP contribution in [0.3, 0.4) is 0 Å². The highest BCUT2D eigenvalue weighted by atomic mass is 16.5. The molecule has 0 aromatic heterocycles. The van der Waals surface area contributed by atoms with Gasteiger partial charge in [-0.2, -0.15) is 0 Å². The fourth-order valence-corrected chi connectivity index (χ4v) is 3.35. The van der Waals surface area contributed by atoms with Crippen LogP contribution in [-0.4, -0.2) is 19.3 Å².